The Hall–Kier alpha value is -1.83. The van der Waals surface area contributed by atoms with Crippen molar-refractivity contribution in [1.82, 2.24) is 10.0 Å². The Kier molecular flexibility index (Phi) is 7.53. The largest absolute Gasteiger partial charge is 0.356 e. The molecular weight excluding hydrogens is 392 g/mol. The molecule has 0 bridgehead atoms. The fourth-order valence-corrected chi connectivity index (χ4v) is 4.86. The van der Waals surface area contributed by atoms with Gasteiger partial charge in [-0.05, 0) is 61.3 Å². The van der Waals surface area contributed by atoms with Gasteiger partial charge in [0.2, 0.25) is 15.9 Å². The number of sulfonamides is 1. The van der Waals surface area contributed by atoms with Crippen LogP contribution in [0.15, 0.2) is 64.4 Å². The first-order valence-corrected chi connectivity index (χ1v) is 12.1. The van der Waals surface area contributed by atoms with Crippen molar-refractivity contribution in [3.8, 4) is 0 Å². The van der Waals surface area contributed by atoms with Gasteiger partial charge in [0.1, 0.15) is 0 Å². The van der Waals surface area contributed by atoms with Crippen molar-refractivity contribution in [2.24, 2.45) is 0 Å². The molecule has 1 aliphatic rings. The lowest BCUT2D eigenvalue weighted by Gasteiger charge is -2.07. The number of aryl methyl sites for hydroxylation is 1. The van der Waals surface area contributed by atoms with E-state index in [9.17, 15) is 13.2 Å². The third kappa shape index (κ3) is 6.96. The molecule has 3 rings (SSSR count). The molecule has 0 radical (unpaired) electrons. The van der Waals surface area contributed by atoms with Crippen LogP contribution in [0.4, 0.5) is 0 Å². The average molecular weight is 419 g/mol. The molecule has 1 saturated carbocycles. The Morgan fingerprint density at radius 1 is 1.04 bits per heavy atom. The van der Waals surface area contributed by atoms with Gasteiger partial charge in [0.05, 0.1) is 4.90 Å². The maximum Gasteiger partial charge on any atom is 0.240 e. The van der Waals surface area contributed by atoms with Gasteiger partial charge in [0, 0.05) is 23.9 Å². The number of amides is 1. The molecule has 0 heterocycles. The summed E-state index contributed by atoms with van der Waals surface area (Å²) in [7, 11) is -3.41. The second-order valence-electron chi connectivity index (χ2n) is 6.90. The van der Waals surface area contributed by atoms with Crippen LogP contribution in [-0.2, 0) is 21.2 Å². The van der Waals surface area contributed by atoms with Crippen molar-refractivity contribution in [1.29, 1.82) is 0 Å². The van der Waals surface area contributed by atoms with Gasteiger partial charge in [-0.15, -0.1) is 11.8 Å². The van der Waals surface area contributed by atoms with E-state index in [2.05, 4.69) is 22.2 Å². The minimum Gasteiger partial charge on any atom is -0.356 e. The highest BCUT2D eigenvalue weighted by atomic mass is 32.2. The van der Waals surface area contributed by atoms with Gasteiger partial charge < -0.3 is 5.32 Å². The summed E-state index contributed by atoms with van der Waals surface area (Å²) >= 11 is 1.79. The van der Waals surface area contributed by atoms with Crippen molar-refractivity contribution in [3.05, 3.63) is 60.2 Å². The highest BCUT2D eigenvalue weighted by molar-refractivity contribution is 7.99. The lowest BCUT2D eigenvalue weighted by molar-refractivity contribution is -0.121. The summed E-state index contributed by atoms with van der Waals surface area (Å²) in [5.41, 5.74) is 0.958. The third-order valence-corrected chi connectivity index (χ3v) is 7.06. The van der Waals surface area contributed by atoms with Crippen LogP contribution >= 0.6 is 11.8 Å². The number of benzene rings is 2. The van der Waals surface area contributed by atoms with Crippen molar-refractivity contribution >= 4 is 27.7 Å². The number of hydrogen-bond acceptors (Lipinski definition) is 4. The van der Waals surface area contributed by atoms with Crippen LogP contribution in [0.3, 0.4) is 0 Å². The standard InChI is InChI=1S/C21H26N2O3S2/c24-21(22-15-4-16-27-19-5-2-1-3-6-19)14-9-17-7-12-20(13-8-17)28(25,26)23-18-10-11-18/h1-3,5-8,12-13,18,23H,4,9-11,14-16H2,(H,22,24). The molecule has 0 saturated heterocycles. The van der Waals surface area contributed by atoms with Gasteiger partial charge >= 0.3 is 0 Å². The summed E-state index contributed by atoms with van der Waals surface area (Å²) in [6.07, 6.45) is 3.75. The summed E-state index contributed by atoms with van der Waals surface area (Å²) in [5, 5.41) is 2.95. The quantitative estimate of drug-likeness (QED) is 0.433. The van der Waals surface area contributed by atoms with E-state index in [0.717, 1.165) is 30.6 Å². The predicted molar refractivity (Wildman–Crippen MR) is 113 cm³/mol. The highest BCUT2D eigenvalue weighted by Crippen LogP contribution is 2.22. The van der Waals surface area contributed by atoms with E-state index in [0.29, 0.717) is 19.4 Å². The minimum atomic E-state index is -3.41. The monoisotopic (exact) mass is 418 g/mol. The average Bonchev–Trinajstić information content (AvgIpc) is 3.50. The number of rotatable bonds is 11. The molecule has 0 spiro atoms. The van der Waals surface area contributed by atoms with E-state index in [1.54, 1.807) is 36.0 Å². The molecular formula is C21H26N2O3S2. The molecule has 28 heavy (non-hydrogen) atoms. The zero-order chi connectivity index (χ0) is 19.8. The minimum absolute atomic E-state index is 0.0248. The van der Waals surface area contributed by atoms with Gasteiger partial charge in [-0.2, -0.15) is 0 Å². The van der Waals surface area contributed by atoms with E-state index < -0.39 is 10.0 Å². The van der Waals surface area contributed by atoms with Gasteiger partial charge in [-0.25, -0.2) is 13.1 Å². The van der Waals surface area contributed by atoms with E-state index in [1.807, 2.05) is 18.2 Å². The van der Waals surface area contributed by atoms with Crippen molar-refractivity contribution in [2.75, 3.05) is 12.3 Å². The van der Waals surface area contributed by atoms with E-state index in [-0.39, 0.29) is 16.8 Å². The Balaban J connectivity index is 1.33. The van der Waals surface area contributed by atoms with E-state index in [4.69, 9.17) is 0 Å². The first-order valence-electron chi connectivity index (χ1n) is 9.59. The van der Waals surface area contributed by atoms with Crippen molar-refractivity contribution < 1.29 is 13.2 Å². The Morgan fingerprint density at radius 3 is 2.43 bits per heavy atom. The number of carbonyl (C=O) groups is 1. The highest BCUT2D eigenvalue weighted by Gasteiger charge is 2.27. The summed E-state index contributed by atoms with van der Waals surface area (Å²) < 4.78 is 27.0. The summed E-state index contributed by atoms with van der Waals surface area (Å²) in [4.78, 5) is 13.5. The number of nitrogens with one attached hydrogen (secondary N) is 2. The zero-order valence-electron chi connectivity index (χ0n) is 15.8. The predicted octanol–water partition coefficient (Wildman–Crippen LogP) is 3.36. The zero-order valence-corrected chi connectivity index (χ0v) is 17.4. The molecule has 0 aliphatic heterocycles. The first kappa shape index (κ1) is 20.9. The Bertz CT molecular complexity index is 864. The van der Waals surface area contributed by atoms with Gasteiger partial charge in [-0.1, -0.05) is 30.3 Å². The molecule has 1 aliphatic carbocycles. The molecule has 1 amide bonds. The molecule has 150 valence electrons. The van der Waals surface area contributed by atoms with Gasteiger partial charge in [0.25, 0.3) is 0 Å². The maximum atomic E-state index is 12.1. The van der Waals surface area contributed by atoms with Crippen LogP contribution in [0.25, 0.3) is 0 Å². The summed E-state index contributed by atoms with van der Waals surface area (Å²) in [6.45, 7) is 0.669. The van der Waals surface area contributed by atoms with Gasteiger partial charge in [-0.3, -0.25) is 4.79 Å². The number of thioether (sulfide) groups is 1. The maximum absolute atomic E-state index is 12.1. The molecule has 2 N–H and O–H groups in total. The number of carbonyl (C=O) groups excluding carboxylic acids is 1. The van der Waals surface area contributed by atoms with Gasteiger partial charge in [0.15, 0.2) is 0 Å². The fourth-order valence-electron chi connectivity index (χ4n) is 2.68. The fraction of sp³-hybridized carbons (Fsp3) is 0.381. The summed E-state index contributed by atoms with van der Waals surface area (Å²) in [6, 6.07) is 17.1. The van der Waals surface area contributed by atoms with E-state index >= 15 is 0 Å². The van der Waals surface area contributed by atoms with Crippen LogP contribution in [0, 0.1) is 0 Å². The second-order valence-corrected chi connectivity index (χ2v) is 9.79. The smallest absolute Gasteiger partial charge is 0.240 e. The molecule has 1 fully saturated rings. The second kappa shape index (κ2) is 10.1. The lowest BCUT2D eigenvalue weighted by Crippen LogP contribution is -2.25. The van der Waals surface area contributed by atoms with Crippen molar-refractivity contribution in [3.63, 3.8) is 0 Å². The van der Waals surface area contributed by atoms with Crippen LogP contribution < -0.4 is 10.0 Å². The van der Waals surface area contributed by atoms with Crippen LogP contribution in [-0.4, -0.2) is 32.7 Å². The molecule has 2 aromatic rings. The van der Waals surface area contributed by atoms with Crippen LogP contribution in [0.5, 0.6) is 0 Å². The molecule has 0 atom stereocenters. The molecule has 7 heteroatoms. The first-order chi connectivity index (χ1) is 13.5. The topological polar surface area (TPSA) is 75.3 Å². The van der Waals surface area contributed by atoms with E-state index in [1.165, 1.54) is 4.90 Å². The Labute approximate surface area is 171 Å². The lowest BCUT2D eigenvalue weighted by atomic mass is 10.1. The molecule has 2 aromatic carbocycles. The Morgan fingerprint density at radius 2 is 1.75 bits per heavy atom. The van der Waals surface area contributed by atoms with Crippen LogP contribution in [0.1, 0.15) is 31.2 Å². The van der Waals surface area contributed by atoms with Crippen LogP contribution in [0.2, 0.25) is 0 Å². The third-order valence-electron chi connectivity index (χ3n) is 4.43. The normalized spacial score (nSPS) is 14.0. The summed E-state index contributed by atoms with van der Waals surface area (Å²) in [5.74, 6) is 0.992. The molecule has 0 unspecified atom stereocenters. The van der Waals surface area contributed by atoms with Crippen molar-refractivity contribution in [2.45, 2.75) is 47.9 Å². The number of hydrogen-bond donors (Lipinski definition) is 2. The molecule has 5 nitrogen and oxygen atoms in total. The SMILES string of the molecule is O=C(CCc1ccc(S(=O)(=O)NC2CC2)cc1)NCCCSc1ccccc1. The molecule has 0 aromatic heterocycles.